The van der Waals surface area contributed by atoms with Crippen molar-refractivity contribution in [2.24, 2.45) is 0 Å². The van der Waals surface area contributed by atoms with Crippen LogP contribution >= 0.6 is 0 Å². The Hall–Kier alpha value is -1.80. The first-order chi connectivity index (χ1) is 9.66. The van der Waals surface area contributed by atoms with Gasteiger partial charge in [0, 0.05) is 31.9 Å². The number of rotatable bonds is 6. The number of para-hydroxylation sites is 1. The highest BCUT2D eigenvalue weighted by Gasteiger charge is 2.12. The predicted octanol–water partition coefficient (Wildman–Crippen LogP) is 3.64. The molecular formula is C18H24N2. The zero-order valence-corrected chi connectivity index (χ0v) is 12.7. The highest BCUT2D eigenvalue weighted by Crippen LogP contribution is 2.13. The van der Waals surface area contributed by atoms with E-state index in [1.165, 1.54) is 11.3 Å². The van der Waals surface area contributed by atoms with Crippen molar-refractivity contribution < 1.29 is 0 Å². The molecule has 0 aliphatic rings. The zero-order chi connectivity index (χ0) is 14.4. The molecular weight excluding hydrogens is 244 g/mol. The molecule has 0 amide bonds. The van der Waals surface area contributed by atoms with Crippen molar-refractivity contribution in [3.63, 3.8) is 0 Å². The Morgan fingerprint density at radius 2 is 1.40 bits per heavy atom. The fourth-order valence-corrected chi connectivity index (χ4v) is 2.35. The van der Waals surface area contributed by atoms with Crippen LogP contribution in [0.25, 0.3) is 0 Å². The monoisotopic (exact) mass is 268 g/mol. The second-order valence-electron chi connectivity index (χ2n) is 5.47. The fourth-order valence-electron chi connectivity index (χ4n) is 2.35. The SMILES string of the molecule is CC(CN(C)c1ccccc1)N(C)Cc1ccccc1. The summed E-state index contributed by atoms with van der Waals surface area (Å²) in [5.74, 6) is 0. The highest BCUT2D eigenvalue weighted by atomic mass is 15.2. The fraction of sp³-hybridized carbons (Fsp3) is 0.333. The Balaban J connectivity index is 1.89. The third-order valence-electron chi connectivity index (χ3n) is 3.76. The molecule has 0 aliphatic heterocycles. The van der Waals surface area contributed by atoms with Crippen LogP contribution in [0.3, 0.4) is 0 Å². The largest absolute Gasteiger partial charge is 0.373 e. The van der Waals surface area contributed by atoms with Gasteiger partial charge in [-0.3, -0.25) is 4.90 Å². The van der Waals surface area contributed by atoms with Gasteiger partial charge in [-0.2, -0.15) is 0 Å². The first-order valence-electron chi connectivity index (χ1n) is 7.17. The molecule has 2 aromatic rings. The molecule has 2 nitrogen and oxygen atoms in total. The minimum absolute atomic E-state index is 0.500. The lowest BCUT2D eigenvalue weighted by molar-refractivity contribution is 0.253. The molecule has 1 unspecified atom stereocenters. The summed E-state index contributed by atoms with van der Waals surface area (Å²) < 4.78 is 0. The number of nitrogens with zero attached hydrogens (tertiary/aromatic N) is 2. The maximum Gasteiger partial charge on any atom is 0.0364 e. The van der Waals surface area contributed by atoms with Crippen molar-refractivity contribution in [1.29, 1.82) is 0 Å². The van der Waals surface area contributed by atoms with E-state index in [0.717, 1.165) is 13.1 Å². The Morgan fingerprint density at radius 1 is 0.850 bits per heavy atom. The summed E-state index contributed by atoms with van der Waals surface area (Å²) in [6, 6.07) is 21.7. The van der Waals surface area contributed by atoms with Crippen LogP contribution in [0.1, 0.15) is 12.5 Å². The summed E-state index contributed by atoms with van der Waals surface area (Å²) >= 11 is 0. The van der Waals surface area contributed by atoms with Crippen LogP contribution in [0.15, 0.2) is 60.7 Å². The van der Waals surface area contributed by atoms with Crippen LogP contribution in [0.5, 0.6) is 0 Å². The molecule has 0 saturated heterocycles. The van der Waals surface area contributed by atoms with Crippen LogP contribution < -0.4 is 4.90 Å². The topological polar surface area (TPSA) is 6.48 Å². The lowest BCUT2D eigenvalue weighted by atomic mass is 10.2. The zero-order valence-electron chi connectivity index (χ0n) is 12.7. The van der Waals surface area contributed by atoms with Crippen molar-refractivity contribution in [2.75, 3.05) is 25.5 Å². The minimum Gasteiger partial charge on any atom is -0.373 e. The van der Waals surface area contributed by atoms with Gasteiger partial charge in [0.05, 0.1) is 0 Å². The smallest absolute Gasteiger partial charge is 0.0364 e. The maximum atomic E-state index is 2.40. The summed E-state index contributed by atoms with van der Waals surface area (Å²) in [4.78, 5) is 4.71. The Morgan fingerprint density at radius 3 is 2.00 bits per heavy atom. The van der Waals surface area contributed by atoms with Gasteiger partial charge >= 0.3 is 0 Å². The minimum atomic E-state index is 0.500. The van der Waals surface area contributed by atoms with E-state index in [4.69, 9.17) is 0 Å². The molecule has 106 valence electrons. The van der Waals surface area contributed by atoms with E-state index in [-0.39, 0.29) is 0 Å². The van der Waals surface area contributed by atoms with Crippen molar-refractivity contribution in [1.82, 2.24) is 4.90 Å². The molecule has 0 aliphatic carbocycles. The predicted molar refractivity (Wildman–Crippen MR) is 87.1 cm³/mol. The van der Waals surface area contributed by atoms with Gasteiger partial charge in [0.1, 0.15) is 0 Å². The molecule has 0 bridgehead atoms. The van der Waals surface area contributed by atoms with Crippen LogP contribution in [-0.4, -0.2) is 31.6 Å². The summed E-state index contributed by atoms with van der Waals surface area (Å²) in [5, 5.41) is 0. The molecule has 0 aromatic heterocycles. The summed E-state index contributed by atoms with van der Waals surface area (Å²) in [6.07, 6.45) is 0. The number of hydrogen-bond acceptors (Lipinski definition) is 2. The molecule has 0 heterocycles. The number of anilines is 1. The summed E-state index contributed by atoms with van der Waals surface area (Å²) in [5.41, 5.74) is 2.64. The number of benzene rings is 2. The number of likely N-dealkylation sites (N-methyl/N-ethyl adjacent to an activating group) is 2. The van der Waals surface area contributed by atoms with Crippen LogP contribution in [0, 0.1) is 0 Å². The van der Waals surface area contributed by atoms with Gasteiger partial charge in [-0.05, 0) is 31.7 Å². The Kier molecular flexibility index (Phi) is 5.19. The van der Waals surface area contributed by atoms with Gasteiger partial charge in [0.15, 0.2) is 0 Å². The lowest BCUT2D eigenvalue weighted by Crippen LogP contribution is -2.38. The number of hydrogen-bond donors (Lipinski definition) is 0. The lowest BCUT2D eigenvalue weighted by Gasteiger charge is -2.30. The van der Waals surface area contributed by atoms with Crippen LogP contribution in [0.4, 0.5) is 5.69 Å². The second kappa shape index (κ2) is 7.11. The second-order valence-corrected chi connectivity index (χ2v) is 5.47. The van der Waals surface area contributed by atoms with Gasteiger partial charge in [0.25, 0.3) is 0 Å². The van der Waals surface area contributed by atoms with E-state index in [1.54, 1.807) is 0 Å². The quantitative estimate of drug-likeness (QED) is 0.789. The third kappa shape index (κ3) is 4.10. The molecule has 2 rings (SSSR count). The standard InChI is InChI=1S/C18H24N2/c1-16(14-20(3)18-12-8-5-9-13-18)19(2)15-17-10-6-4-7-11-17/h4-13,16H,14-15H2,1-3H3. The molecule has 1 atom stereocenters. The highest BCUT2D eigenvalue weighted by molar-refractivity contribution is 5.45. The van der Waals surface area contributed by atoms with Gasteiger partial charge in [-0.1, -0.05) is 48.5 Å². The van der Waals surface area contributed by atoms with Gasteiger partial charge in [0.2, 0.25) is 0 Å². The van der Waals surface area contributed by atoms with E-state index in [0.29, 0.717) is 6.04 Å². The van der Waals surface area contributed by atoms with Crippen molar-refractivity contribution in [3.05, 3.63) is 66.2 Å². The molecule has 0 saturated carbocycles. The van der Waals surface area contributed by atoms with Gasteiger partial charge in [-0.25, -0.2) is 0 Å². The molecule has 0 spiro atoms. The van der Waals surface area contributed by atoms with E-state index in [2.05, 4.69) is 91.5 Å². The van der Waals surface area contributed by atoms with E-state index < -0.39 is 0 Å². The molecule has 0 N–H and O–H groups in total. The Bertz CT molecular complexity index is 495. The molecule has 0 fully saturated rings. The first kappa shape index (κ1) is 14.6. The molecule has 0 radical (unpaired) electrons. The van der Waals surface area contributed by atoms with E-state index in [1.807, 2.05) is 0 Å². The molecule has 2 aromatic carbocycles. The molecule has 20 heavy (non-hydrogen) atoms. The first-order valence-corrected chi connectivity index (χ1v) is 7.17. The van der Waals surface area contributed by atoms with Crippen LogP contribution in [0.2, 0.25) is 0 Å². The Labute approximate surface area is 122 Å². The third-order valence-corrected chi connectivity index (χ3v) is 3.76. The van der Waals surface area contributed by atoms with E-state index in [9.17, 15) is 0 Å². The average molecular weight is 268 g/mol. The average Bonchev–Trinajstić information content (AvgIpc) is 2.49. The summed E-state index contributed by atoms with van der Waals surface area (Å²) in [6.45, 7) is 4.29. The maximum absolute atomic E-state index is 2.40. The van der Waals surface area contributed by atoms with Gasteiger partial charge < -0.3 is 4.90 Å². The van der Waals surface area contributed by atoms with Crippen molar-refractivity contribution in [2.45, 2.75) is 19.5 Å². The summed E-state index contributed by atoms with van der Waals surface area (Å²) in [7, 11) is 4.35. The van der Waals surface area contributed by atoms with E-state index >= 15 is 0 Å². The van der Waals surface area contributed by atoms with Crippen molar-refractivity contribution in [3.8, 4) is 0 Å². The van der Waals surface area contributed by atoms with Crippen LogP contribution in [-0.2, 0) is 6.54 Å². The molecule has 2 heteroatoms. The van der Waals surface area contributed by atoms with Crippen molar-refractivity contribution >= 4 is 5.69 Å². The normalized spacial score (nSPS) is 12.4. The van der Waals surface area contributed by atoms with Gasteiger partial charge in [-0.15, -0.1) is 0 Å².